The normalized spacial score (nSPS) is 11.4. The summed E-state index contributed by atoms with van der Waals surface area (Å²) < 4.78 is 54.3. The predicted molar refractivity (Wildman–Crippen MR) is 104 cm³/mol. The Morgan fingerprint density at radius 2 is 1.63 bits per heavy atom. The minimum atomic E-state index is -4.43. The average molecular weight is 418 g/mol. The molecule has 2 aromatic carbocycles. The third-order valence-electron chi connectivity index (χ3n) is 3.78. The summed E-state index contributed by atoms with van der Waals surface area (Å²) in [6.45, 7) is 0. The van der Waals surface area contributed by atoms with Gasteiger partial charge in [0.15, 0.2) is 0 Å². The second-order valence-corrected chi connectivity index (χ2v) is 5.82. The van der Waals surface area contributed by atoms with Crippen molar-refractivity contribution >= 4 is 11.9 Å². The topological polar surface area (TPSA) is 77.9 Å². The van der Waals surface area contributed by atoms with Gasteiger partial charge in [0.25, 0.3) is 0 Å². The van der Waals surface area contributed by atoms with E-state index in [2.05, 4.69) is 20.5 Å². The predicted octanol–water partition coefficient (Wildman–Crippen LogP) is 4.75. The molecule has 0 saturated carbocycles. The molecule has 0 aliphatic rings. The lowest BCUT2D eigenvalue weighted by atomic mass is 10.2. The fourth-order valence-corrected chi connectivity index (χ4v) is 2.36. The zero-order valence-corrected chi connectivity index (χ0v) is 16.0. The van der Waals surface area contributed by atoms with Crippen LogP contribution in [0.25, 0.3) is 0 Å². The first-order chi connectivity index (χ1) is 14.4. The number of aromatic nitrogens is 2. The molecule has 1 N–H and O–H groups in total. The van der Waals surface area contributed by atoms with Gasteiger partial charge in [-0.1, -0.05) is 18.2 Å². The smallest absolute Gasteiger partial charge is 0.416 e. The molecule has 0 fully saturated rings. The van der Waals surface area contributed by atoms with E-state index in [1.165, 1.54) is 38.6 Å². The zero-order valence-electron chi connectivity index (χ0n) is 16.0. The molecule has 0 spiro atoms. The molecule has 0 aliphatic heterocycles. The van der Waals surface area contributed by atoms with Crippen LogP contribution in [0.15, 0.2) is 59.7 Å². The fourth-order valence-electron chi connectivity index (χ4n) is 2.36. The Labute approximate surface area is 170 Å². The first-order valence-corrected chi connectivity index (χ1v) is 8.59. The van der Waals surface area contributed by atoms with E-state index in [4.69, 9.17) is 14.2 Å². The second-order valence-electron chi connectivity index (χ2n) is 5.82. The number of alkyl halides is 3. The van der Waals surface area contributed by atoms with Gasteiger partial charge in [-0.2, -0.15) is 28.2 Å². The number of hydrogen-bond acceptors (Lipinski definition) is 7. The van der Waals surface area contributed by atoms with Gasteiger partial charge in [-0.15, -0.1) is 0 Å². The van der Waals surface area contributed by atoms with Gasteiger partial charge < -0.3 is 14.2 Å². The van der Waals surface area contributed by atoms with Gasteiger partial charge in [-0.05, 0) is 30.3 Å². The Morgan fingerprint density at radius 1 is 0.933 bits per heavy atom. The zero-order chi connectivity index (χ0) is 21.6. The van der Waals surface area contributed by atoms with Crippen molar-refractivity contribution < 1.29 is 27.4 Å². The van der Waals surface area contributed by atoms with Crippen LogP contribution in [0.4, 0.5) is 18.9 Å². The summed E-state index contributed by atoms with van der Waals surface area (Å²) in [6, 6.07) is 13.1. The van der Waals surface area contributed by atoms with E-state index in [0.29, 0.717) is 11.3 Å². The van der Waals surface area contributed by atoms with Crippen molar-refractivity contribution in [1.82, 2.24) is 9.97 Å². The maximum atomic E-state index is 12.8. The van der Waals surface area contributed by atoms with Crippen molar-refractivity contribution in [3.8, 4) is 23.5 Å². The molecule has 10 heteroatoms. The molecular formula is C20H17F3N4O3. The maximum Gasteiger partial charge on any atom is 0.416 e. The molecule has 0 bridgehead atoms. The number of nitrogens with zero attached hydrogens (tertiary/aromatic N) is 3. The van der Waals surface area contributed by atoms with Gasteiger partial charge in [0.1, 0.15) is 5.75 Å². The van der Waals surface area contributed by atoms with Gasteiger partial charge in [0.2, 0.25) is 11.8 Å². The first-order valence-electron chi connectivity index (χ1n) is 8.59. The van der Waals surface area contributed by atoms with Crippen LogP contribution in [0, 0.1) is 0 Å². The highest BCUT2D eigenvalue weighted by Crippen LogP contribution is 2.30. The second kappa shape index (κ2) is 9.12. The SMILES string of the molecule is COc1cc(OC)nc(Oc2ccccc2/C=N/Nc2cccc(C(F)(F)F)c2)n1. The number of methoxy groups -OCH3 is 2. The number of ether oxygens (including phenoxy) is 3. The van der Waals surface area contributed by atoms with Gasteiger partial charge in [-0.25, -0.2) is 0 Å². The Morgan fingerprint density at radius 3 is 2.30 bits per heavy atom. The Balaban J connectivity index is 1.78. The van der Waals surface area contributed by atoms with Crippen LogP contribution in [0.2, 0.25) is 0 Å². The van der Waals surface area contributed by atoms with Gasteiger partial charge in [0.05, 0.1) is 37.8 Å². The highest BCUT2D eigenvalue weighted by Gasteiger charge is 2.30. The largest absolute Gasteiger partial charge is 0.481 e. The van der Waals surface area contributed by atoms with Crippen LogP contribution < -0.4 is 19.6 Å². The molecule has 0 atom stereocenters. The lowest BCUT2D eigenvalue weighted by Gasteiger charge is -2.10. The summed E-state index contributed by atoms with van der Waals surface area (Å²) in [7, 11) is 2.90. The number of nitrogens with one attached hydrogen (secondary N) is 1. The molecule has 0 aliphatic carbocycles. The summed E-state index contributed by atoms with van der Waals surface area (Å²) in [5.74, 6) is 0.894. The van der Waals surface area contributed by atoms with Gasteiger partial charge in [-0.3, -0.25) is 5.43 Å². The lowest BCUT2D eigenvalue weighted by molar-refractivity contribution is -0.137. The highest BCUT2D eigenvalue weighted by atomic mass is 19.4. The number of para-hydroxylation sites is 1. The molecular weight excluding hydrogens is 401 g/mol. The van der Waals surface area contributed by atoms with E-state index in [0.717, 1.165) is 12.1 Å². The summed E-state index contributed by atoms with van der Waals surface area (Å²) in [5, 5.41) is 3.99. The van der Waals surface area contributed by atoms with Gasteiger partial charge in [0, 0.05) is 5.56 Å². The number of halogens is 3. The van der Waals surface area contributed by atoms with Crippen LogP contribution in [-0.2, 0) is 6.18 Å². The molecule has 156 valence electrons. The van der Waals surface area contributed by atoms with Gasteiger partial charge >= 0.3 is 12.2 Å². The molecule has 1 aromatic heterocycles. The standard InChI is InChI=1S/C20H17F3N4O3/c1-28-17-11-18(29-2)26-19(25-17)30-16-9-4-3-6-13(16)12-24-27-15-8-5-7-14(10-15)20(21,22)23/h3-12,27H,1-2H3/b24-12+. The minimum absolute atomic E-state index is 0.00196. The van der Waals surface area contributed by atoms with Crippen molar-refractivity contribution in [3.05, 3.63) is 65.7 Å². The Kier molecular flexibility index (Phi) is 6.35. The van der Waals surface area contributed by atoms with E-state index >= 15 is 0 Å². The average Bonchev–Trinajstić information content (AvgIpc) is 2.74. The molecule has 0 saturated heterocycles. The molecule has 0 radical (unpaired) electrons. The Bertz CT molecular complexity index is 1020. The fraction of sp³-hybridized carbons (Fsp3) is 0.150. The third-order valence-corrected chi connectivity index (χ3v) is 3.78. The van der Waals surface area contributed by atoms with Crippen LogP contribution in [0.3, 0.4) is 0 Å². The molecule has 3 rings (SSSR count). The number of hydrazone groups is 1. The van der Waals surface area contributed by atoms with E-state index in [1.54, 1.807) is 24.3 Å². The van der Waals surface area contributed by atoms with Crippen molar-refractivity contribution in [1.29, 1.82) is 0 Å². The summed E-state index contributed by atoms with van der Waals surface area (Å²) in [4.78, 5) is 8.19. The van der Waals surface area contributed by atoms with Crippen molar-refractivity contribution in [2.24, 2.45) is 5.10 Å². The molecule has 30 heavy (non-hydrogen) atoms. The third kappa shape index (κ3) is 5.37. The minimum Gasteiger partial charge on any atom is -0.481 e. The van der Waals surface area contributed by atoms with Crippen LogP contribution in [-0.4, -0.2) is 30.4 Å². The molecule has 1 heterocycles. The molecule has 3 aromatic rings. The lowest BCUT2D eigenvalue weighted by Crippen LogP contribution is -2.05. The number of benzene rings is 2. The van der Waals surface area contributed by atoms with Crippen molar-refractivity contribution in [3.63, 3.8) is 0 Å². The van der Waals surface area contributed by atoms with Crippen LogP contribution in [0.1, 0.15) is 11.1 Å². The monoisotopic (exact) mass is 418 g/mol. The molecule has 0 unspecified atom stereocenters. The van der Waals surface area contributed by atoms with Crippen LogP contribution in [0.5, 0.6) is 23.5 Å². The number of rotatable bonds is 7. The van der Waals surface area contributed by atoms with E-state index in [1.807, 2.05) is 0 Å². The number of anilines is 1. The summed E-state index contributed by atoms with van der Waals surface area (Å²) in [6.07, 6.45) is -3.02. The Hall–Kier alpha value is -3.82. The van der Waals surface area contributed by atoms with E-state index < -0.39 is 11.7 Å². The quantitative estimate of drug-likeness (QED) is 0.441. The van der Waals surface area contributed by atoms with E-state index in [9.17, 15) is 13.2 Å². The van der Waals surface area contributed by atoms with Crippen molar-refractivity contribution in [2.75, 3.05) is 19.6 Å². The first kappa shape index (κ1) is 20.9. The van der Waals surface area contributed by atoms with Crippen molar-refractivity contribution in [2.45, 2.75) is 6.18 Å². The molecule has 7 nitrogen and oxygen atoms in total. The number of hydrogen-bond donors (Lipinski definition) is 1. The summed E-state index contributed by atoms with van der Waals surface area (Å²) in [5.41, 5.74) is 2.55. The maximum absolute atomic E-state index is 12.8. The van der Waals surface area contributed by atoms with E-state index in [-0.39, 0.29) is 23.5 Å². The summed E-state index contributed by atoms with van der Waals surface area (Å²) >= 11 is 0. The molecule has 0 amide bonds. The highest BCUT2D eigenvalue weighted by molar-refractivity contribution is 5.84. The van der Waals surface area contributed by atoms with Crippen LogP contribution >= 0.6 is 0 Å².